The first kappa shape index (κ1) is 26.8. The maximum absolute atomic E-state index is 5.26. The van der Waals surface area contributed by atoms with Crippen LogP contribution in [-0.2, 0) is 21.1 Å². The molecule has 0 saturated carbocycles. The van der Waals surface area contributed by atoms with Gasteiger partial charge in [-0.25, -0.2) is 0 Å². The number of fused-ring (bicyclic) bond motifs is 9. The Kier molecular flexibility index (Phi) is 6.52. The fraction of sp³-hybridized carbons (Fsp3) is 0. The van der Waals surface area contributed by atoms with Crippen LogP contribution in [0, 0.1) is 12.1 Å². The molecule has 4 nitrogen and oxygen atoms in total. The second kappa shape index (κ2) is 10.7. The van der Waals surface area contributed by atoms with Crippen molar-refractivity contribution in [3.63, 3.8) is 0 Å². The first-order valence-corrected chi connectivity index (χ1v) is 15.0. The van der Waals surface area contributed by atoms with Gasteiger partial charge >= 0.3 is 21.1 Å². The van der Waals surface area contributed by atoms with Gasteiger partial charge in [0.15, 0.2) is 0 Å². The summed E-state index contributed by atoms with van der Waals surface area (Å²) >= 11 is 1.79. The Balaban J connectivity index is 0.00000289. The van der Waals surface area contributed by atoms with Gasteiger partial charge < -0.3 is 9.30 Å². The number of pyridine rings is 2. The number of nitrogens with zero attached hydrogens (tertiary/aromatic N) is 4. The average molecular weight is 762 g/mol. The van der Waals surface area contributed by atoms with Crippen LogP contribution < -0.4 is 4.90 Å². The van der Waals surface area contributed by atoms with Crippen molar-refractivity contribution in [2.45, 2.75) is 0 Å². The second-order valence-corrected chi connectivity index (χ2v) is 11.6. The van der Waals surface area contributed by atoms with Gasteiger partial charge in [0.2, 0.25) is 0 Å². The summed E-state index contributed by atoms with van der Waals surface area (Å²) in [6, 6.07) is 49.3. The van der Waals surface area contributed by atoms with Crippen molar-refractivity contribution in [3.8, 4) is 11.3 Å². The van der Waals surface area contributed by atoms with Gasteiger partial charge in [-0.3, -0.25) is 9.97 Å². The molecule has 0 spiro atoms. The van der Waals surface area contributed by atoms with Gasteiger partial charge in [-0.1, -0.05) is 82.9 Å². The Labute approximate surface area is 272 Å². The van der Waals surface area contributed by atoms with E-state index >= 15 is 0 Å². The fourth-order valence-electron chi connectivity index (χ4n) is 6.15. The summed E-state index contributed by atoms with van der Waals surface area (Å²) in [7, 11) is 0. The number of anilines is 3. The molecule has 0 radical (unpaired) electrons. The molecule has 44 heavy (non-hydrogen) atoms. The normalized spacial score (nSPS) is 11.5. The Hall–Kier alpha value is -4.83. The smallest absolute Gasteiger partial charge is 0.340 e. The van der Waals surface area contributed by atoms with Crippen molar-refractivity contribution in [2.75, 3.05) is 4.90 Å². The third-order valence-corrected chi connectivity index (χ3v) is 9.27. The van der Waals surface area contributed by atoms with E-state index in [0.717, 1.165) is 50.4 Å². The molecule has 9 rings (SSSR count). The third kappa shape index (κ3) is 4.16. The Bertz CT molecular complexity index is 2480. The zero-order chi connectivity index (χ0) is 28.3. The standard InChI is InChI=1S/C38H22N4S.Pt/c1-2-10-25(11-3-1)42(26-20-21-27-28-12-4-6-17-34(28)41-23-22-39-38(41)32(27)24-26)36-19-9-16-33(40-36)31-15-8-14-30-29-13-5-7-18-35(29)43-37(30)31;/h1-14,16-23H;/q-2;+2. The van der Waals surface area contributed by atoms with Gasteiger partial charge in [0.05, 0.1) is 5.65 Å². The van der Waals surface area contributed by atoms with Crippen LogP contribution in [0.1, 0.15) is 0 Å². The van der Waals surface area contributed by atoms with Crippen LogP contribution in [0.3, 0.4) is 0 Å². The van der Waals surface area contributed by atoms with Gasteiger partial charge in [0.25, 0.3) is 0 Å². The van der Waals surface area contributed by atoms with Crippen molar-refractivity contribution in [1.82, 2.24) is 14.4 Å². The summed E-state index contributed by atoms with van der Waals surface area (Å²) in [6.45, 7) is 0. The number of benzene rings is 5. The predicted octanol–water partition coefficient (Wildman–Crippen LogP) is 10.1. The monoisotopic (exact) mass is 761 g/mol. The zero-order valence-electron chi connectivity index (χ0n) is 23.2. The molecule has 0 unspecified atom stereocenters. The first-order chi connectivity index (χ1) is 21.3. The largest absolute Gasteiger partial charge is 2.00 e. The molecule has 0 atom stereocenters. The minimum atomic E-state index is 0. The predicted molar refractivity (Wildman–Crippen MR) is 179 cm³/mol. The van der Waals surface area contributed by atoms with Gasteiger partial charge in [0, 0.05) is 28.3 Å². The van der Waals surface area contributed by atoms with E-state index in [1.54, 1.807) is 11.3 Å². The number of rotatable bonds is 4. The molecule has 9 aromatic rings. The van der Waals surface area contributed by atoms with Gasteiger partial charge in [-0.2, -0.15) is 11.3 Å². The van der Waals surface area contributed by atoms with Crippen LogP contribution in [-0.4, -0.2) is 14.4 Å². The number of imidazole rings is 1. The van der Waals surface area contributed by atoms with Crippen LogP contribution in [0.5, 0.6) is 0 Å². The minimum absolute atomic E-state index is 0. The molecular weight excluding hydrogens is 740 g/mol. The van der Waals surface area contributed by atoms with Crippen LogP contribution in [0.25, 0.3) is 58.8 Å². The van der Waals surface area contributed by atoms with E-state index in [4.69, 9.17) is 9.97 Å². The molecule has 0 N–H and O–H groups in total. The summed E-state index contributed by atoms with van der Waals surface area (Å²) in [5, 5.41) is 5.77. The van der Waals surface area contributed by atoms with Crippen LogP contribution in [0.2, 0.25) is 0 Å². The zero-order valence-corrected chi connectivity index (χ0v) is 26.3. The van der Waals surface area contributed by atoms with Crippen molar-refractivity contribution in [3.05, 3.63) is 146 Å². The molecule has 0 fully saturated rings. The van der Waals surface area contributed by atoms with Gasteiger partial charge in [0.1, 0.15) is 5.82 Å². The maximum Gasteiger partial charge on any atom is 2.00 e. The quantitative estimate of drug-likeness (QED) is 0.132. The number of aromatic nitrogens is 3. The molecular formula is C38H22N4PtS. The Morgan fingerprint density at radius 3 is 2.43 bits per heavy atom. The number of hydrogen-bond donors (Lipinski definition) is 0. The molecule has 5 aromatic carbocycles. The van der Waals surface area contributed by atoms with E-state index in [1.807, 2.05) is 24.5 Å². The van der Waals surface area contributed by atoms with Crippen LogP contribution >= 0.6 is 11.3 Å². The first-order valence-electron chi connectivity index (χ1n) is 14.2. The van der Waals surface area contributed by atoms with E-state index < -0.39 is 0 Å². The van der Waals surface area contributed by atoms with Crippen molar-refractivity contribution in [2.24, 2.45) is 0 Å². The molecule has 4 heterocycles. The number of hydrogen-bond acceptors (Lipinski definition) is 4. The van der Waals surface area contributed by atoms with Gasteiger partial charge in [-0.05, 0) is 57.2 Å². The number of thiophene rings is 1. The molecule has 0 saturated heterocycles. The molecule has 0 aliphatic carbocycles. The summed E-state index contributed by atoms with van der Waals surface area (Å²) in [5.74, 6) is 0.811. The van der Waals surface area contributed by atoms with Crippen molar-refractivity contribution >= 4 is 76.0 Å². The van der Waals surface area contributed by atoms with E-state index in [0.29, 0.717) is 0 Å². The molecule has 0 aliphatic heterocycles. The van der Waals surface area contributed by atoms with Gasteiger partial charge in [-0.15, -0.1) is 42.0 Å². The molecule has 6 heteroatoms. The summed E-state index contributed by atoms with van der Waals surface area (Å²) < 4.78 is 4.61. The third-order valence-electron chi connectivity index (χ3n) is 8.06. The summed E-state index contributed by atoms with van der Waals surface area (Å²) in [4.78, 5) is 12.2. The van der Waals surface area contributed by atoms with Crippen LogP contribution in [0.4, 0.5) is 17.2 Å². The topological polar surface area (TPSA) is 33.4 Å². The molecule has 4 aromatic heterocycles. The minimum Gasteiger partial charge on any atom is -0.340 e. The van der Waals surface area contributed by atoms with Crippen molar-refractivity contribution < 1.29 is 21.1 Å². The van der Waals surface area contributed by atoms with E-state index in [-0.39, 0.29) is 21.1 Å². The van der Waals surface area contributed by atoms with Crippen molar-refractivity contribution in [1.29, 1.82) is 0 Å². The summed E-state index contributed by atoms with van der Waals surface area (Å²) in [6.07, 6.45) is 3.87. The molecule has 0 amide bonds. The Morgan fingerprint density at radius 2 is 1.52 bits per heavy atom. The van der Waals surface area contributed by atoms with E-state index in [9.17, 15) is 0 Å². The molecule has 210 valence electrons. The SMILES string of the molecule is [Pt+2].[c-]1ccc2c(sc3ccccc32)c1-c1cccc(N(c2[c-]c3c(cc2)c2ccccc2n2ccnc32)c2ccccc2)n1. The second-order valence-electron chi connectivity index (χ2n) is 10.5. The average Bonchev–Trinajstić information content (AvgIpc) is 3.72. The Morgan fingerprint density at radius 1 is 0.705 bits per heavy atom. The van der Waals surface area contributed by atoms with Crippen LogP contribution in [0.15, 0.2) is 134 Å². The fourth-order valence-corrected chi connectivity index (χ4v) is 7.36. The molecule has 0 bridgehead atoms. The number of para-hydroxylation sites is 2. The van der Waals surface area contributed by atoms with E-state index in [1.165, 1.54) is 25.6 Å². The summed E-state index contributed by atoms with van der Waals surface area (Å²) in [5.41, 5.74) is 5.82. The molecule has 0 aliphatic rings. The van der Waals surface area contributed by atoms with E-state index in [2.05, 4.69) is 131 Å². The maximum atomic E-state index is 5.26.